The summed E-state index contributed by atoms with van der Waals surface area (Å²) < 4.78 is 24.6. The molecule has 1 N–H and O–H groups in total. The van der Waals surface area contributed by atoms with Crippen LogP contribution < -0.4 is 0 Å². The first-order chi connectivity index (χ1) is 5.75. The first-order valence-corrected chi connectivity index (χ1v) is 4.64. The van der Waals surface area contributed by atoms with E-state index in [9.17, 15) is 8.78 Å². The van der Waals surface area contributed by atoms with E-state index in [4.69, 9.17) is 5.11 Å². The third kappa shape index (κ3) is 2.41. The van der Waals surface area contributed by atoms with Gasteiger partial charge in [0.1, 0.15) is 0 Å². The SMILES string of the molecule is OCC(C(F)F)C1CCCCC1. The van der Waals surface area contributed by atoms with Crippen molar-refractivity contribution in [1.29, 1.82) is 0 Å². The molecule has 1 aliphatic carbocycles. The molecule has 0 amide bonds. The molecule has 1 atom stereocenters. The Morgan fingerprint density at radius 2 is 1.75 bits per heavy atom. The van der Waals surface area contributed by atoms with Crippen LogP contribution in [0.2, 0.25) is 0 Å². The Morgan fingerprint density at radius 3 is 2.17 bits per heavy atom. The largest absolute Gasteiger partial charge is 0.396 e. The lowest BCUT2D eigenvalue weighted by atomic mass is 9.80. The van der Waals surface area contributed by atoms with Gasteiger partial charge in [0.15, 0.2) is 0 Å². The van der Waals surface area contributed by atoms with Gasteiger partial charge in [-0.05, 0) is 18.8 Å². The van der Waals surface area contributed by atoms with Crippen molar-refractivity contribution in [2.75, 3.05) is 6.61 Å². The average molecular weight is 178 g/mol. The molecule has 0 saturated heterocycles. The van der Waals surface area contributed by atoms with Crippen molar-refractivity contribution in [3.05, 3.63) is 0 Å². The van der Waals surface area contributed by atoms with Crippen LogP contribution in [0.4, 0.5) is 8.78 Å². The van der Waals surface area contributed by atoms with Crippen LogP contribution in [0.25, 0.3) is 0 Å². The Bertz CT molecular complexity index is 122. The predicted octanol–water partition coefficient (Wildman–Crippen LogP) is 2.44. The molecule has 0 aromatic rings. The normalized spacial score (nSPS) is 23.0. The maximum Gasteiger partial charge on any atom is 0.243 e. The Kier molecular flexibility index (Phi) is 3.92. The summed E-state index contributed by atoms with van der Waals surface area (Å²) in [4.78, 5) is 0. The van der Waals surface area contributed by atoms with E-state index >= 15 is 0 Å². The lowest BCUT2D eigenvalue weighted by Crippen LogP contribution is -2.27. The van der Waals surface area contributed by atoms with Gasteiger partial charge in [0.25, 0.3) is 0 Å². The van der Waals surface area contributed by atoms with Gasteiger partial charge in [-0.1, -0.05) is 19.3 Å². The second kappa shape index (κ2) is 4.75. The summed E-state index contributed by atoms with van der Waals surface area (Å²) in [6.07, 6.45) is 2.66. The lowest BCUT2D eigenvalue weighted by Gasteiger charge is -2.28. The molecule has 0 spiro atoms. The van der Waals surface area contributed by atoms with Crippen LogP contribution >= 0.6 is 0 Å². The van der Waals surface area contributed by atoms with Crippen molar-refractivity contribution >= 4 is 0 Å². The molecule has 1 aliphatic rings. The van der Waals surface area contributed by atoms with Crippen LogP contribution in [-0.2, 0) is 0 Å². The van der Waals surface area contributed by atoms with E-state index in [2.05, 4.69) is 0 Å². The summed E-state index contributed by atoms with van der Waals surface area (Å²) in [7, 11) is 0. The molecule has 72 valence electrons. The molecular formula is C9H16F2O. The van der Waals surface area contributed by atoms with Crippen LogP contribution in [0.15, 0.2) is 0 Å². The van der Waals surface area contributed by atoms with Gasteiger partial charge in [0.05, 0.1) is 6.61 Å². The van der Waals surface area contributed by atoms with Crippen LogP contribution in [0, 0.1) is 11.8 Å². The predicted molar refractivity (Wildman–Crippen MR) is 43.2 cm³/mol. The van der Waals surface area contributed by atoms with E-state index in [0.717, 1.165) is 32.1 Å². The Balaban J connectivity index is 2.40. The van der Waals surface area contributed by atoms with Crippen molar-refractivity contribution < 1.29 is 13.9 Å². The number of alkyl halides is 2. The topological polar surface area (TPSA) is 20.2 Å². The monoisotopic (exact) mass is 178 g/mol. The van der Waals surface area contributed by atoms with Crippen LogP contribution in [-0.4, -0.2) is 18.1 Å². The fourth-order valence-electron chi connectivity index (χ4n) is 2.00. The van der Waals surface area contributed by atoms with Gasteiger partial charge in [-0.2, -0.15) is 0 Å². The molecule has 1 fully saturated rings. The quantitative estimate of drug-likeness (QED) is 0.703. The molecule has 0 bridgehead atoms. The molecule has 1 rings (SSSR count). The molecule has 1 saturated carbocycles. The first-order valence-electron chi connectivity index (χ1n) is 4.64. The Hall–Kier alpha value is -0.180. The van der Waals surface area contributed by atoms with Crippen molar-refractivity contribution in [2.45, 2.75) is 38.5 Å². The van der Waals surface area contributed by atoms with Crippen molar-refractivity contribution in [2.24, 2.45) is 11.8 Å². The van der Waals surface area contributed by atoms with Crippen molar-refractivity contribution in [1.82, 2.24) is 0 Å². The van der Waals surface area contributed by atoms with E-state index in [-0.39, 0.29) is 12.5 Å². The average Bonchev–Trinajstić information content (AvgIpc) is 2.07. The van der Waals surface area contributed by atoms with E-state index in [1.165, 1.54) is 0 Å². The molecule has 1 unspecified atom stereocenters. The molecule has 3 heteroatoms. The van der Waals surface area contributed by atoms with Crippen LogP contribution in [0.5, 0.6) is 0 Å². The minimum absolute atomic E-state index is 0.0590. The summed E-state index contributed by atoms with van der Waals surface area (Å²) in [6.45, 7) is -0.359. The Morgan fingerprint density at radius 1 is 1.17 bits per heavy atom. The minimum Gasteiger partial charge on any atom is -0.396 e. The second-order valence-corrected chi connectivity index (χ2v) is 3.58. The van der Waals surface area contributed by atoms with Gasteiger partial charge in [0.2, 0.25) is 6.43 Å². The lowest BCUT2D eigenvalue weighted by molar-refractivity contribution is -0.00129. The van der Waals surface area contributed by atoms with Gasteiger partial charge in [0, 0.05) is 5.92 Å². The molecule has 0 aliphatic heterocycles. The maximum absolute atomic E-state index is 12.3. The second-order valence-electron chi connectivity index (χ2n) is 3.58. The van der Waals surface area contributed by atoms with Crippen LogP contribution in [0.1, 0.15) is 32.1 Å². The fourth-order valence-corrected chi connectivity index (χ4v) is 2.00. The Labute approximate surface area is 71.8 Å². The summed E-state index contributed by atoms with van der Waals surface area (Å²) in [5.74, 6) is -0.714. The number of aliphatic hydroxyl groups excluding tert-OH is 1. The molecule has 12 heavy (non-hydrogen) atoms. The fraction of sp³-hybridized carbons (Fsp3) is 1.00. The molecular weight excluding hydrogens is 162 g/mol. The van der Waals surface area contributed by atoms with Gasteiger partial charge in [-0.3, -0.25) is 0 Å². The zero-order chi connectivity index (χ0) is 8.97. The summed E-state index contributed by atoms with van der Waals surface area (Å²) in [5.41, 5.74) is 0. The van der Waals surface area contributed by atoms with Crippen LogP contribution in [0.3, 0.4) is 0 Å². The zero-order valence-corrected chi connectivity index (χ0v) is 7.18. The maximum atomic E-state index is 12.3. The van der Waals surface area contributed by atoms with Gasteiger partial charge >= 0.3 is 0 Å². The van der Waals surface area contributed by atoms with E-state index < -0.39 is 12.3 Å². The zero-order valence-electron chi connectivity index (χ0n) is 7.18. The third-order valence-electron chi connectivity index (χ3n) is 2.79. The molecule has 0 radical (unpaired) electrons. The third-order valence-corrected chi connectivity index (χ3v) is 2.79. The summed E-state index contributed by atoms with van der Waals surface area (Å²) in [5, 5.41) is 8.77. The van der Waals surface area contributed by atoms with Gasteiger partial charge in [-0.25, -0.2) is 8.78 Å². The highest BCUT2D eigenvalue weighted by Gasteiger charge is 2.29. The number of halogens is 2. The number of hydrogen-bond donors (Lipinski definition) is 1. The molecule has 0 aromatic heterocycles. The highest BCUT2D eigenvalue weighted by Crippen LogP contribution is 2.32. The van der Waals surface area contributed by atoms with Gasteiger partial charge in [-0.15, -0.1) is 0 Å². The van der Waals surface area contributed by atoms with Gasteiger partial charge < -0.3 is 5.11 Å². The molecule has 0 heterocycles. The van der Waals surface area contributed by atoms with E-state index in [0.29, 0.717) is 0 Å². The minimum atomic E-state index is -2.35. The summed E-state index contributed by atoms with van der Waals surface area (Å²) >= 11 is 0. The smallest absolute Gasteiger partial charge is 0.243 e. The highest BCUT2D eigenvalue weighted by molar-refractivity contribution is 4.74. The number of hydrogen-bond acceptors (Lipinski definition) is 1. The standard InChI is InChI=1S/C9H16F2O/c10-9(11)8(6-12)7-4-2-1-3-5-7/h7-9,12H,1-6H2. The molecule has 0 aromatic carbocycles. The number of rotatable bonds is 3. The van der Waals surface area contributed by atoms with E-state index in [1.54, 1.807) is 0 Å². The van der Waals surface area contributed by atoms with Crippen molar-refractivity contribution in [3.8, 4) is 0 Å². The van der Waals surface area contributed by atoms with E-state index in [1.807, 2.05) is 0 Å². The number of aliphatic hydroxyl groups is 1. The first kappa shape index (κ1) is 9.90. The van der Waals surface area contributed by atoms with Crippen molar-refractivity contribution in [3.63, 3.8) is 0 Å². The summed E-state index contributed by atoms with van der Waals surface area (Å²) in [6, 6.07) is 0. The molecule has 1 nitrogen and oxygen atoms in total. The highest BCUT2D eigenvalue weighted by atomic mass is 19.3.